The number of pyridine rings is 1. The van der Waals surface area contributed by atoms with Gasteiger partial charge in [0.2, 0.25) is 0 Å². The van der Waals surface area contributed by atoms with E-state index in [0.29, 0.717) is 3.43 Å². The van der Waals surface area contributed by atoms with Crippen LogP contribution in [0.1, 0.15) is 78.6 Å². The van der Waals surface area contributed by atoms with Crippen molar-refractivity contribution < 1.29 is 0 Å². The summed E-state index contributed by atoms with van der Waals surface area (Å²) in [6.07, 6.45) is 14.1. The van der Waals surface area contributed by atoms with Gasteiger partial charge in [0.15, 0.2) is 0 Å². The molecule has 0 aromatic carbocycles. The van der Waals surface area contributed by atoms with Gasteiger partial charge in [0, 0.05) is 0 Å². The Hall–Kier alpha value is 0.239. The van der Waals surface area contributed by atoms with Gasteiger partial charge in [-0.3, -0.25) is 0 Å². The van der Waals surface area contributed by atoms with Crippen molar-refractivity contribution in [3.8, 4) is 0 Å². The standard InChI is InChI=1S/C13H27.C5H3ClN.Sn/c1-4-7-10-13(11-8-5-2)12-9-6-3;6-5-1-3-7-4-2-5;/h4-12H2,1-3H3;1-3H;. The molecule has 0 N–H and O–H groups in total. The summed E-state index contributed by atoms with van der Waals surface area (Å²) in [5.41, 5.74) is 0. The zero-order valence-corrected chi connectivity index (χ0v) is 17.5. The van der Waals surface area contributed by atoms with Gasteiger partial charge in [-0.05, 0) is 0 Å². The van der Waals surface area contributed by atoms with Gasteiger partial charge in [0.05, 0.1) is 0 Å². The number of rotatable bonds is 11. The Morgan fingerprint density at radius 2 is 1.52 bits per heavy atom. The Labute approximate surface area is 146 Å². The number of hydrogen-bond acceptors (Lipinski definition) is 1. The van der Waals surface area contributed by atoms with Crippen LogP contribution in [0.25, 0.3) is 0 Å². The van der Waals surface area contributed by atoms with Crippen LogP contribution in [0, 0.1) is 0 Å². The van der Waals surface area contributed by atoms with Crippen LogP contribution in [0.5, 0.6) is 0 Å². The van der Waals surface area contributed by atoms with E-state index in [9.17, 15) is 0 Å². The molecule has 0 bridgehead atoms. The predicted octanol–water partition coefficient (Wildman–Crippen LogP) is 5.79. The Kier molecular flexibility index (Phi) is 9.99. The molecule has 0 fully saturated rings. The maximum atomic E-state index is 6.17. The minimum absolute atomic E-state index is 0.600. The first-order chi connectivity index (χ1) is 10.2. The summed E-state index contributed by atoms with van der Waals surface area (Å²) in [5.74, 6) is 0. The molecule has 0 amide bonds. The molecule has 3 heteroatoms. The van der Waals surface area contributed by atoms with Crippen LogP contribution in [0.15, 0.2) is 18.3 Å². The van der Waals surface area contributed by atoms with E-state index < -0.39 is 21.1 Å². The molecule has 118 valence electrons. The second kappa shape index (κ2) is 10.9. The molecule has 0 saturated heterocycles. The molecule has 1 aromatic heterocycles. The first-order valence-electron chi connectivity index (χ1n) is 8.55. The molecule has 1 aromatic rings. The Morgan fingerprint density at radius 1 is 1.00 bits per heavy atom. The van der Waals surface area contributed by atoms with E-state index >= 15 is 0 Å². The van der Waals surface area contributed by atoms with Gasteiger partial charge < -0.3 is 0 Å². The maximum absolute atomic E-state index is 6.17. The zero-order chi connectivity index (χ0) is 15.6. The van der Waals surface area contributed by atoms with Gasteiger partial charge >= 0.3 is 147 Å². The molecule has 1 heterocycles. The van der Waals surface area contributed by atoms with Crippen LogP contribution in [0.2, 0.25) is 8.45 Å². The second-order valence-corrected chi connectivity index (χ2v) is 11.7. The molecular formula is C18H30ClNSn. The number of unbranched alkanes of at least 4 members (excludes halogenated alkanes) is 3. The van der Waals surface area contributed by atoms with Gasteiger partial charge in [0.1, 0.15) is 0 Å². The van der Waals surface area contributed by atoms with Crippen LogP contribution in [-0.2, 0) is 0 Å². The predicted molar refractivity (Wildman–Crippen MR) is 95.9 cm³/mol. The van der Waals surface area contributed by atoms with Crippen molar-refractivity contribution in [3.63, 3.8) is 0 Å². The summed E-state index contributed by atoms with van der Waals surface area (Å²) in [4.78, 5) is 4.64. The van der Waals surface area contributed by atoms with Crippen LogP contribution < -0.4 is 3.71 Å². The van der Waals surface area contributed by atoms with Crippen LogP contribution in [-0.4, -0.2) is 26.1 Å². The third-order valence-electron chi connectivity index (χ3n) is 4.14. The van der Waals surface area contributed by atoms with Gasteiger partial charge in [-0.1, -0.05) is 0 Å². The van der Waals surface area contributed by atoms with Gasteiger partial charge in [-0.15, -0.1) is 0 Å². The fourth-order valence-electron chi connectivity index (χ4n) is 2.85. The molecule has 0 atom stereocenters. The third-order valence-corrected chi connectivity index (χ3v) is 9.54. The van der Waals surface area contributed by atoms with E-state index in [4.69, 9.17) is 11.6 Å². The molecule has 21 heavy (non-hydrogen) atoms. The number of halogens is 1. The summed E-state index contributed by atoms with van der Waals surface area (Å²) < 4.78 is 1.94. The molecule has 1 rings (SSSR count). The number of aromatic nitrogens is 1. The monoisotopic (exact) mass is 415 g/mol. The molecule has 2 radical (unpaired) electrons. The van der Waals surface area contributed by atoms with Crippen LogP contribution in [0.3, 0.4) is 0 Å². The van der Waals surface area contributed by atoms with Crippen LogP contribution >= 0.6 is 11.6 Å². The van der Waals surface area contributed by atoms with E-state index in [2.05, 4.69) is 31.8 Å². The summed E-state index contributed by atoms with van der Waals surface area (Å²) in [6, 6.07) is 4.03. The molecule has 0 saturated carbocycles. The summed E-state index contributed by atoms with van der Waals surface area (Å²) in [5, 5.41) is 0.858. The number of nitrogens with zero attached hydrogens (tertiary/aromatic N) is 1. The Balaban J connectivity index is 2.88. The topological polar surface area (TPSA) is 12.9 Å². The zero-order valence-electron chi connectivity index (χ0n) is 13.9. The first-order valence-corrected chi connectivity index (χ1v) is 11.8. The van der Waals surface area contributed by atoms with Crippen molar-refractivity contribution in [2.75, 3.05) is 0 Å². The molecule has 0 aliphatic rings. The van der Waals surface area contributed by atoms with E-state index in [1.807, 2.05) is 12.3 Å². The Morgan fingerprint density at radius 3 is 1.95 bits per heavy atom. The quantitative estimate of drug-likeness (QED) is 0.417. The van der Waals surface area contributed by atoms with Crippen LogP contribution in [0.4, 0.5) is 0 Å². The Bertz CT molecular complexity index is 373. The minimum atomic E-state index is -0.712. The summed E-state index contributed by atoms with van der Waals surface area (Å²) >= 11 is 5.46. The van der Waals surface area contributed by atoms with Crippen molar-refractivity contribution in [2.45, 2.75) is 82.0 Å². The van der Waals surface area contributed by atoms with E-state index in [-0.39, 0.29) is 0 Å². The molecule has 0 spiro atoms. The second-order valence-electron chi connectivity index (χ2n) is 6.08. The third kappa shape index (κ3) is 7.36. The van der Waals surface area contributed by atoms with Crippen molar-refractivity contribution >= 4 is 36.5 Å². The van der Waals surface area contributed by atoms with Crippen molar-refractivity contribution in [1.82, 2.24) is 4.98 Å². The molecule has 0 aliphatic carbocycles. The number of hydrogen-bond donors (Lipinski definition) is 0. The van der Waals surface area contributed by atoms with Crippen molar-refractivity contribution in [2.24, 2.45) is 0 Å². The van der Waals surface area contributed by atoms with E-state index in [1.54, 1.807) is 0 Å². The summed E-state index contributed by atoms with van der Waals surface area (Å²) in [6.45, 7) is 6.94. The van der Waals surface area contributed by atoms with Gasteiger partial charge in [-0.25, -0.2) is 0 Å². The average molecular weight is 415 g/mol. The van der Waals surface area contributed by atoms with E-state index in [1.165, 1.54) is 61.5 Å². The average Bonchev–Trinajstić information content (AvgIpc) is 2.48. The van der Waals surface area contributed by atoms with Gasteiger partial charge in [-0.2, -0.15) is 0 Å². The molecule has 1 nitrogen and oxygen atoms in total. The summed E-state index contributed by atoms with van der Waals surface area (Å²) in [7, 11) is 0. The normalized spacial score (nSPS) is 11.8. The first kappa shape index (κ1) is 19.3. The van der Waals surface area contributed by atoms with Crippen molar-refractivity contribution in [1.29, 1.82) is 0 Å². The molecule has 0 unspecified atom stereocenters. The molecule has 0 aliphatic heterocycles. The van der Waals surface area contributed by atoms with E-state index in [0.717, 1.165) is 5.02 Å². The van der Waals surface area contributed by atoms with Crippen molar-refractivity contribution in [3.05, 3.63) is 23.4 Å². The fourth-order valence-corrected chi connectivity index (χ4v) is 8.46. The van der Waals surface area contributed by atoms with Gasteiger partial charge in [0.25, 0.3) is 0 Å². The molecular weight excluding hydrogens is 384 g/mol. The SMILES string of the molecule is CCCC[C](CCCC)(CCCC)[Sn][c]1cc(Cl)ccn1. The fraction of sp³-hybridized carbons (Fsp3) is 0.722.